The number of amides is 2. The molecule has 0 aliphatic carbocycles. The van der Waals surface area contributed by atoms with Gasteiger partial charge in [0.2, 0.25) is 11.8 Å². The lowest BCUT2D eigenvalue weighted by Gasteiger charge is -2.46. The highest BCUT2D eigenvalue weighted by Gasteiger charge is 2.61. The molecular formula is C20H27FN2O2. The van der Waals surface area contributed by atoms with Gasteiger partial charge in [-0.2, -0.15) is 0 Å². The SMILES string of the molecule is C[C@@H]1C(=O)N2[C@@H](c3ccc(F)cc3)[C@@](C)(C(C)(C)C)C[C@H]2C(=O)N1C. The largest absolute Gasteiger partial charge is 0.332 e. The van der Waals surface area contributed by atoms with Gasteiger partial charge in [-0.1, -0.05) is 39.8 Å². The Morgan fingerprint density at radius 2 is 1.68 bits per heavy atom. The summed E-state index contributed by atoms with van der Waals surface area (Å²) < 4.78 is 13.4. The highest BCUT2D eigenvalue weighted by atomic mass is 19.1. The van der Waals surface area contributed by atoms with Crippen molar-refractivity contribution in [1.82, 2.24) is 9.80 Å². The van der Waals surface area contributed by atoms with Gasteiger partial charge < -0.3 is 9.80 Å². The van der Waals surface area contributed by atoms with E-state index in [1.165, 1.54) is 12.1 Å². The van der Waals surface area contributed by atoms with Crippen molar-refractivity contribution in [3.05, 3.63) is 35.6 Å². The monoisotopic (exact) mass is 346 g/mol. The summed E-state index contributed by atoms with van der Waals surface area (Å²) in [5.74, 6) is -0.341. The zero-order valence-corrected chi connectivity index (χ0v) is 15.8. The summed E-state index contributed by atoms with van der Waals surface area (Å²) in [5, 5.41) is 0. The number of hydrogen-bond acceptors (Lipinski definition) is 2. The predicted molar refractivity (Wildman–Crippen MR) is 94.2 cm³/mol. The number of carbonyl (C=O) groups is 2. The van der Waals surface area contributed by atoms with E-state index in [9.17, 15) is 14.0 Å². The number of likely N-dealkylation sites (N-methyl/N-ethyl adjacent to an activating group) is 1. The van der Waals surface area contributed by atoms with E-state index in [0.717, 1.165) is 5.56 Å². The van der Waals surface area contributed by atoms with Gasteiger partial charge in [0.25, 0.3) is 0 Å². The van der Waals surface area contributed by atoms with Crippen molar-refractivity contribution in [2.75, 3.05) is 7.05 Å². The average Bonchev–Trinajstić information content (AvgIpc) is 2.86. The van der Waals surface area contributed by atoms with Crippen molar-refractivity contribution >= 4 is 11.8 Å². The van der Waals surface area contributed by atoms with E-state index in [4.69, 9.17) is 0 Å². The van der Waals surface area contributed by atoms with E-state index in [1.54, 1.807) is 35.9 Å². The first-order chi connectivity index (χ1) is 11.5. The molecule has 1 aromatic carbocycles. The average molecular weight is 346 g/mol. The maximum Gasteiger partial charge on any atom is 0.246 e. The summed E-state index contributed by atoms with van der Waals surface area (Å²) in [6.07, 6.45) is 0.611. The van der Waals surface area contributed by atoms with Gasteiger partial charge in [-0.05, 0) is 41.9 Å². The summed E-state index contributed by atoms with van der Waals surface area (Å²) in [6.45, 7) is 10.3. The highest BCUT2D eigenvalue weighted by Crippen LogP contribution is 2.59. The Labute approximate surface area is 149 Å². The van der Waals surface area contributed by atoms with Crippen LogP contribution >= 0.6 is 0 Å². The summed E-state index contributed by atoms with van der Waals surface area (Å²) >= 11 is 0. The molecule has 3 rings (SSSR count). The van der Waals surface area contributed by atoms with E-state index in [0.29, 0.717) is 6.42 Å². The Morgan fingerprint density at radius 1 is 1.12 bits per heavy atom. The maximum atomic E-state index is 13.4. The number of fused-ring (bicyclic) bond motifs is 1. The molecule has 4 nitrogen and oxygen atoms in total. The van der Waals surface area contributed by atoms with Gasteiger partial charge in [0.05, 0.1) is 6.04 Å². The molecule has 136 valence electrons. The van der Waals surface area contributed by atoms with Crippen LogP contribution < -0.4 is 0 Å². The zero-order valence-electron chi connectivity index (χ0n) is 15.8. The topological polar surface area (TPSA) is 40.6 Å². The third-order valence-corrected chi connectivity index (χ3v) is 6.56. The standard InChI is InChI=1S/C20H27FN2O2/c1-12-17(24)23-15(18(25)22(12)6)11-20(5,19(2,3)4)16(23)13-7-9-14(21)10-8-13/h7-10,12,15-16H,11H2,1-6H3/t12-,15+,16+,20+/m1/s1. The molecule has 2 aliphatic heterocycles. The van der Waals surface area contributed by atoms with Crippen LogP contribution in [0.5, 0.6) is 0 Å². The van der Waals surface area contributed by atoms with Crippen LogP contribution in [0.15, 0.2) is 24.3 Å². The molecule has 0 spiro atoms. The molecule has 0 radical (unpaired) electrons. The molecular weight excluding hydrogens is 319 g/mol. The van der Waals surface area contributed by atoms with Gasteiger partial charge >= 0.3 is 0 Å². The molecule has 1 aromatic rings. The Bertz CT molecular complexity index is 709. The molecule has 5 heteroatoms. The Kier molecular flexibility index (Phi) is 3.97. The van der Waals surface area contributed by atoms with Crippen LogP contribution in [0.2, 0.25) is 0 Å². The van der Waals surface area contributed by atoms with Crippen LogP contribution in [0.3, 0.4) is 0 Å². The summed E-state index contributed by atoms with van der Waals surface area (Å²) in [6, 6.07) is 5.17. The summed E-state index contributed by atoms with van der Waals surface area (Å²) in [4.78, 5) is 29.3. The maximum absolute atomic E-state index is 13.4. The first-order valence-corrected chi connectivity index (χ1v) is 8.83. The molecule has 2 amide bonds. The lowest BCUT2D eigenvalue weighted by atomic mass is 9.61. The van der Waals surface area contributed by atoms with Gasteiger partial charge in [-0.15, -0.1) is 0 Å². The Morgan fingerprint density at radius 3 is 2.20 bits per heavy atom. The fourth-order valence-corrected chi connectivity index (χ4v) is 4.28. The zero-order chi connectivity index (χ0) is 18.7. The smallest absolute Gasteiger partial charge is 0.246 e. The molecule has 0 aromatic heterocycles. The minimum Gasteiger partial charge on any atom is -0.332 e. The molecule has 2 fully saturated rings. The minimum atomic E-state index is -0.478. The Hall–Kier alpha value is -1.91. The van der Waals surface area contributed by atoms with Gasteiger partial charge in [0, 0.05) is 7.05 Å². The van der Waals surface area contributed by atoms with E-state index in [1.807, 2.05) is 0 Å². The van der Waals surface area contributed by atoms with Crippen molar-refractivity contribution in [1.29, 1.82) is 0 Å². The molecule has 0 N–H and O–H groups in total. The first-order valence-electron chi connectivity index (χ1n) is 8.83. The van der Waals surface area contributed by atoms with Crippen molar-refractivity contribution in [2.45, 2.75) is 59.2 Å². The predicted octanol–water partition coefficient (Wildman–Crippen LogP) is 3.38. The minimum absolute atomic E-state index is 0.00723. The molecule has 0 unspecified atom stereocenters. The van der Waals surface area contributed by atoms with Crippen LogP contribution in [-0.2, 0) is 9.59 Å². The summed E-state index contributed by atoms with van der Waals surface area (Å²) in [7, 11) is 1.70. The van der Waals surface area contributed by atoms with Crippen molar-refractivity contribution in [3.63, 3.8) is 0 Å². The van der Waals surface area contributed by atoms with Gasteiger partial charge in [-0.25, -0.2) is 4.39 Å². The fourth-order valence-electron chi connectivity index (χ4n) is 4.28. The molecule has 25 heavy (non-hydrogen) atoms. The number of halogens is 1. The van der Waals surface area contributed by atoms with E-state index in [-0.39, 0.29) is 34.5 Å². The van der Waals surface area contributed by atoms with E-state index < -0.39 is 12.1 Å². The van der Waals surface area contributed by atoms with Crippen molar-refractivity contribution in [2.24, 2.45) is 10.8 Å². The Balaban J connectivity index is 2.17. The number of rotatable bonds is 1. The second-order valence-electron chi connectivity index (χ2n) is 8.71. The number of benzene rings is 1. The fraction of sp³-hybridized carbons (Fsp3) is 0.600. The van der Waals surface area contributed by atoms with Gasteiger partial charge in [0.15, 0.2) is 0 Å². The quantitative estimate of drug-likeness (QED) is 0.782. The molecule has 2 aliphatic rings. The number of nitrogens with zero attached hydrogens (tertiary/aromatic N) is 2. The van der Waals surface area contributed by atoms with Crippen molar-refractivity contribution in [3.8, 4) is 0 Å². The second kappa shape index (κ2) is 5.55. The van der Waals surface area contributed by atoms with Crippen LogP contribution in [0.1, 0.15) is 52.6 Å². The van der Waals surface area contributed by atoms with Crippen LogP contribution in [0, 0.1) is 16.6 Å². The highest BCUT2D eigenvalue weighted by molar-refractivity contribution is 5.97. The third kappa shape index (κ3) is 2.47. The molecule has 4 atom stereocenters. The van der Waals surface area contributed by atoms with E-state index in [2.05, 4.69) is 27.7 Å². The van der Waals surface area contributed by atoms with Gasteiger partial charge in [0.1, 0.15) is 17.9 Å². The van der Waals surface area contributed by atoms with Crippen LogP contribution in [0.4, 0.5) is 4.39 Å². The third-order valence-electron chi connectivity index (χ3n) is 6.56. The number of hydrogen-bond donors (Lipinski definition) is 0. The molecule has 2 saturated heterocycles. The lowest BCUT2D eigenvalue weighted by Crippen LogP contribution is -2.60. The van der Waals surface area contributed by atoms with E-state index >= 15 is 0 Å². The number of piperazine rings is 1. The van der Waals surface area contributed by atoms with Crippen molar-refractivity contribution < 1.29 is 14.0 Å². The first kappa shape index (κ1) is 17.9. The second-order valence-corrected chi connectivity index (χ2v) is 8.71. The van der Waals surface area contributed by atoms with Gasteiger partial charge in [-0.3, -0.25) is 9.59 Å². The summed E-state index contributed by atoms with van der Waals surface area (Å²) in [5.41, 5.74) is 0.455. The normalized spacial score (nSPS) is 33.0. The lowest BCUT2D eigenvalue weighted by molar-refractivity contribution is -0.159. The molecule has 2 heterocycles. The molecule has 0 saturated carbocycles. The van der Waals surface area contributed by atoms with Crippen LogP contribution in [-0.4, -0.2) is 40.7 Å². The van der Waals surface area contributed by atoms with Crippen LogP contribution in [0.25, 0.3) is 0 Å². The number of carbonyl (C=O) groups excluding carboxylic acids is 2. The molecule has 0 bridgehead atoms.